The van der Waals surface area contributed by atoms with Crippen molar-refractivity contribution < 1.29 is 19.1 Å². The molecule has 2 N–H and O–H groups in total. The van der Waals surface area contributed by atoms with E-state index in [1.165, 1.54) is 7.11 Å². The van der Waals surface area contributed by atoms with Gasteiger partial charge in [0.2, 0.25) is 0 Å². The third-order valence-corrected chi connectivity index (χ3v) is 3.96. The molecule has 0 aliphatic carbocycles. The number of ether oxygens (including phenoxy) is 2. The molecule has 0 atom stereocenters. The Balaban J connectivity index is 1.94. The zero-order chi connectivity index (χ0) is 18.2. The van der Waals surface area contributed by atoms with Crippen molar-refractivity contribution in [1.29, 1.82) is 0 Å². The van der Waals surface area contributed by atoms with Gasteiger partial charge in [-0.2, -0.15) is 0 Å². The highest BCUT2D eigenvalue weighted by molar-refractivity contribution is 6.01. The fourth-order valence-electron chi connectivity index (χ4n) is 2.66. The van der Waals surface area contributed by atoms with Gasteiger partial charge in [-0.25, -0.2) is 9.78 Å². The van der Waals surface area contributed by atoms with Gasteiger partial charge in [-0.3, -0.25) is 9.69 Å². The number of nitrogens with zero attached hydrogens (tertiary/aromatic N) is 2. The zero-order valence-corrected chi connectivity index (χ0v) is 14.3. The lowest BCUT2D eigenvalue weighted by atomic mass is 10.0. The highest BCUT2D eigenvalue weighted by Gasteiger charge is 2.41. The average Bonchev–Trinajstić information content (AvgIpc) is 2.59. The Bertz CT molecular complexity index is 831. The smallest absolute Gasteiger partial charge is 0.337 e. The summed E-state index contributed by atoms with van der Waals surface area (Å²) in [5.41, 5.74) is 6.05. The van der Waals surface area contributed by atoms with Gasteiger partial charge in [0.1, 0.15) is 5.82 Å². The van der Waals surface area contributed by atoms with Crippen LogP contribution in [0, 0.1) is 0 Å². The maximum atomic E-state index is 12.8. The summed E-state index contributed by atoms with van der Waals surface area (Å²) in [7, 11) is 1.33. The second-order valence-electron chi connectivity index (χ2n) is 6.25. The molecule has 1 aliphatic rings. The number of methoxy groups -OCH3 is 1. The number of carbonyl (C=O) groups is 2. The van der Waals surface area contributed by atoms with Crippen molar-refractivity contribution in [2.75, 3.05) is 17.7 Å². The number of amides is 1. The number of rotatable bonds is 3. The van der Waals surface area contributed by atoms with Crippen molar-refractivity contribution >= 4 is 23.5 Å². The lowest BCUT2D eigenvalue weighted by Crippen LogP contribution is -2.52. The zero-order valence-electron chi connectivity index (χ0n) is 14.3. The van der Waals surface area contributed by atoms with Gasteiger partial charge in [0.25, 0.3) is 5.91 Å². The van der Waals surface area contributed by atoms with E-state index in [9.17, 15) is 9.59 Å². The van der Waals surface area contributed by atoms with E-state index in [2.05, 4.69) is 9.72 Å². The van der Waals surface area contributed by atoms with Gasteiger partial charge in [-0.15, -0.1) is 0 Å². The first-order valence-electron chi connectivity index (χ1n) is 7.76. The number of hydrogen-bond acceptors (Lipinski definition) is 6. The normalized spacial score (nSPS) is 15.3. The van der Waals surface area contributed by atoms with E-state index in [0.717, 1.165) is 5.56 Å². The molecule has 25 heavy (non-hydrogen) atoms. The number of nitrogens with two attached hydrogens (primary N) is 1. The van der Waals surface area contributed by atoms with Crippen LogP contribution in [0.3, 0.4) is 0 Å². The number of benzene rings is 1. The van der Waals surface area contributed by atoms with Gasteiger partial charge in [-0.05, 0) is 43.7 Å². The van der Waals surface area contributed by atoms with Crippen LogP contribution in [-0.2, 0) is 16.1 Å². The highest BCUT2D eigenvalue weighted by Crippen LogP contribution is 2.37. The molecule has 1 amide bonds. The minimum Gasteiger partial charge on any atom is -0.474 e. The topological polar surface area (TPSA) is 94.8 Å². The number of anilines is 2. The molecule has 0 bridgehead atoms. The van der Waals surface area contributed by atoms with Gasteiger partial charge >= 0.3 is 5.97 Å². The van der Waals surface area contributed by atoms with Crippen molar-refractivity contribution in [2.45, 2.75) is 26.0 Å². The van der Waals surface area contributed by atoms with Crippen LogP contribution in [0.1, 0.15) is 29.8 Å². The minimum atomic E-state index is -1.00. The van der Waals surface area contributed by atoms with Crippen LogP contribution in [0.15, 0.2) is 36.4 Å². The van der Waals surface area contributed by atoms with Crippen LogP contribution in [-0.4, -0.2) is 29.6 Å². The van der Waals surface area contributed by atoms with Crippen molar-refractivity contribution in [3.8, 4) is 5.75 Å². The summed E-state index contributed by atoms with van der Waals surface area (Å²) in [4.78, 5) is 30.1. The van der Waals surface area contributed by atoms with Crippen LogP contribution in [0.4, 0.5) is 11.6 Å². The summed E-state index contributed by atoms with van der Waals surface area (Å²) in [6, 6.07) is 10.2. The number of esters is 1. The van der Waals surface area contributed by atoms with Crippen molar-refractivity contribution in [3.63, 3.8) is 0 Å². The molecule has 1 aromatic heterocycles. The predicted molar refractivity (Wildman–Crippen MR) is 92.3 cm³/mol. The number of carbonyl (C=O) groups excluding carboxylic acids is 2. The van der Waals surface area contributed by atoms with Gasteiger partial charge in [0.05, 0.1) is 19.2 Å². The number of fused-ring (bicyclic) bond motifs is 1. The summed E-state index contributed by atoms with van der Waals surface area (Å²) in [6.07, 6.45) is 0. The van der Waals surface area contributed by atoms with Crippen LogP contribution in [0.5, 0.6) is 5.75 Å². The van der Waals surface area contributed by atoms with Gasteiger partial charge in [0.15, 0.2) is 17.2 Å². The van der Waals surface area contributed by atoms with Crippen LogP contribution in [0.2, 0.25) is 0 Å². The molecule has 7 nitrogen and oxygen atoms in total. The van der Waals surface area contributed by atoms with Gasteiger partial charge in [0, 0.05) is 0 Å². The van der Waals surface area contributed by atoms with E-state index in [1.54, 1.807) is 55.1 Å². The number of hydrogen-bond donors (Lipinski definition) is 1. The first-order chi connectivity index (χ1) is 11.8. The number of aromatic nitrogens is 1. The quantitative estimate of drug-likeness (QED) is 0.860. The Morgan fingerprint density at radius 1 is 1.24 bits per heavy atom. The molecule has 0 fully saturated rings. The molecule has 7 heteroatoms. The van der Waals surface area contributed by atoms with E-state index in [1.807, 2.05) is 0 Å². The second kappa shape index (κ2) is 6.08. The van der Waals surface area contributed by atoms with E-state index in [4.69, 9.17) is 10.5 Å². The molecule has 0 spiro atoms. The average molecular weight is 341 g/mol. The van der Waals surface area contributed by atoms with E-state index in [0.29, 0.717) is 22.9 Å². The Morgan fingerprint density at radius 2 is 1.92 bits per heavy atom. The highest BCUT2D eigenvalue weighted by atomic mass is 16.5. The molecule has 0 unspecified atom stereocenters. The van der Waals surface area contributed by atoms with Crippen molar-refractivity contribution in [3.05, 3.63) is 47.5 Å². The summed E-state index contributed by atoms with van der Waals surface area (Å²) in [5, 5.41) is 0. The molecule has 2 aromatic rings. The summed E-state index contributed by atoms with van der Waals surface area (Å²) in [6.45, 7) is 3.71. The number of nitrogen functional groups attached to an aromatic ring is 1. The Kier molecular flexibility index (Phi) is 4.08. The van der Waals surface area contributed by atoms with Crippen LogP contribution < -0.4 is 15.4 Å². The molecular formula is C18H19N3O4. The molecular weight excluding hydrogens is 322 g/mol. The molecule has 1 aromatic carbocycles. The molecule has 0 saturated heterocycles. The fourth-order valence-corrected chi connectivity index (χ4v) is 2.66. The minimum absolute atomic E-state index is 0.213. The predicted octanol–water partition coefficient (Wildman–Crippen LogP) is 2.15. The molecule has 3 rings (SSSR count). The van der Waals surface area contributed by atoms with Gasteiger partial charge in [-0.1, -0.05) is 12.1 Å². The van der Waals surface area contributed by atoms with Crippen molar-refractivity contribution in [1.82, 2.24) is 4.98 Å². The maximum Gasteiger partial charge on any atom is 0.337 e. The fraction of sp³-hybridized carbons (Fsp3) is 0.278. The lowest BCUT2D eigenvalue weighted by molar-refractivity contribution is -0.132. The van der Waals surface area contributed by atoms with E-state index < -0.39 is 11.6 Å². The lowest BCUT2D eigenvalue weighted by Gasteiger charge is -2.38. The van der Waals surface area contributed by atoms with Crippen LogP contribution in [0.25, 0.3) is 0 Å². The SMILES string of the molecule is COC(=O)c1ccc(CN2C(=O)C(C)(C)Oc3ccc(N)nc32)cc1. The summed E-state index contributed by atoms with van der Waals surface area (Å²) < 4.78 is 10.4. The Hall–Kier alpha value is -3.09. The first kappa shape index (κ1) is 16.8. The molecule has 0 radical (unpaired) electrons. The summed E-state index contributed by atoms with van der Waals surface area (Å²) in [5.74, 6) is 0.581. The third kappa shape index (κ3) is 3.13. The molecule has 2 heterocycles. The maximum absolute atomic E-state index is 12.8. The third-order valence-electron chi connectivity index (χ3n) is 3.96. The largest absolute Gasteiger partial charge is 0.474 e. The second-order valence-corrected chi connectivity index (χ2v) is 6.25. The molecule has 130 valence electrons. The van der Waals surface area contributed by atoms with E-state index >= 15 is 0 Å². The first-order valence-corrected chi connectivity index (χ1v) is 7.76. The summed E-state index contributed by atoms with van der Waals surface area (Å²) >= 11 is 0. The van der Waals surface area contributed by atoms with E-state index in [-0.39, 0.29) is 12.5 Å². The monoisotopic (exact) mass is 341 g/mol. The molecule has 1 aliphatic heterocycles. The van der Waals surface area contributed by atoms with Crippen LogP contribution >= 0.6 is 0 Å². The Labute approximate surface area is 145 Å². The number of pyridine rings is 1. The Morgan fingerprint density at radius 3 is 2.56 bits per heavy atom. The van der Waals surface area contributed by atoms with Gasteiger partial charge < -0.3 is 15.2 Å². The standard InChI is InChI=1S/C18H19N3O4/c1-18(2)17(23)21(15-13(25-18)8-9-14(19)20-15)10-11-4-6-12(7-5-11)16(22)24-3/h4-9H,10H2,1-3H3,(H2,19,20). The van der Waals surface area contributed by atoms with Crippen molar-refractivity contribution in [2.24, 2.45) is 0 Å². The molecule has 0 saturated carbocycles.